The van der Waals surface area contributed by atoms with Crippen LogP contribution in [0.2, 0.25) is 5.02 Å². The molecule has 0 unspecified atom stereocenters. The predicted molar refractivity (Wildman–Crippen MR) is 99.9 cm³/mol. The van der Waals surface area contributed by atoms with Crippen molar-refractivity contribution in [3.63, 3.8) is 0 Å². The van der Waals surface area contributed by atoms with Crippen molar-refractivity contribution in [1.82, 2.24) is 19.9 Å². The Balaban J connectivity index is 1.40. The van der Waals surface area contributed by atoms with E-state index in [0.29, 0.717) is 35.6 Å². The molecular weight excluding hydrogens is 364 g/mol. The van der Waals surface area contributed by atoms with Gasteiger partial charge in [0.1, 0.15) is 6.10 Å². The molecule has 0 N–H and O–H groups in total. The first kappa shape index (κ1) is 16.2. The van der Waals surface area contributed by atoms with Crippen molar-refractivity contribution in [1.29, 1.82) is 0 Å². The molecule has 0 fully saturated rings. The van der Waals surface area contributed by atoms with Gasteiger partial charge in [0.15, 0.2) is 5.69 Å². The molecule has 1 aliphatic rings. The Morgan fingerprint density at radius 1 is 1.04 bits per heavy atom. The van der Waals surface area contributed by atoms with Crippen LogP contribution in [0, 0.1) is 0 Å². The summed E-state index contributed by atoms with van der Waals surface area (Å²) in [6.45, 7) is 1.09. The van der Waals surface area contributed by atoms with Gasteiger partial charge >= 0.3 is 0 Å². The molecule has 7 heteroatoms. The first-order valence-corrected chi connectivity index (χ1v) is 8.97. The number of hydrogen-bond donors (Lipinski definition) is 0. The van der Waals surface area contributed by atoms with Gasteiger partial charge in [0, 0.05) is 10.6 Å². The molecule has 27 heavy (non-hydrogen) atoms. The highest BCUT2D eigenvalue weighted by molar-refractivity contribution is 6.30. The molecule has 0 amide bonds. The molecule has 134 valence electrons. The topological polar surface area (TPSA) is 66.0 Å². The van der Waals surface area contributed by atoms with Crippen LogP contribution in [-0.4, -0.2) is 19.9 Å². The maximum absolute atomic E-state index is 5.98. The number of benzene rings is 2. The Morgan fingerprint density at radius 2 is 1.85 bits per heavy atom. The van der Waals surface area contributed by atoms with E-state index in [1.807, 2.05) is 65.3 Å². The Bertz CT molecular complexity index is 1070. The molecule has 0 bridgehead atoms. The largest absolute Gasteiger partial charge is 0.365 e. The van der Waals surface area contributed by atoms with Crippen LogP contribution in [0.15, 0.2) is 65.2 Å². The Morgan fingerprint density at radius 3 is 2.67 bits per heavy atom. The highest BCUT2D eigenvalue weighted by Gasteiger charge is 2.24. The molecule has 4 aromatic rings. The Hall–Kier alpha value is -2.96. The molecule has 0 saturated heterocycles. The van der Waals surface area contributed by atoms with Crippen LogP contribution in [0.3, 0.4) is 0 Å². The first-order valence-electron chi connectivity index (χ1n) is 8.59. The van der Waals surface area contributed by atoms with E-state index < -0.39 is 0 Å². The van der Waals surface area contributed by atoms with Gasteiger partial charge in [-0.15, -0.1) is 0 Å². The van der Waals surface area contributed by atoms with E-state index in [2.05, 4.69) is 15.2 Å². The summed E-state index contributed by atoms with van der Waals surface area (Å²) in [5.41, 5.74) is 3.61. The van der Waals surface area contributed by atoms with Crippen LogP contribution < -0.4 is 0 Å². The summed E-state index contributed by atoms with van der Waals surface area (Å²) in [7, 11) is 0. The lowest BCUT2D eigenvalue weighted by atomic mass is 10.1. The second-order valence-electron chi connectivity index (χ2n) is 6.34. The minimum Gasteiger partial charge on any atom is -0.365 e. The smallest absolute Gasteiger partial charge is 0.278 e. The number of nitrogens with zero attached hydrogens (tertiary/aromatic N) is 4. The summed E-state index contributed by atoms with van der Waals surface area (Å²) in [5.74, 6) is 0.950. The molecule has 0 radical (unpaired) electrons. The second kappa shape index (κ2) is 6.64. The number of ether oxygens (including phenoxy) is 1. The van der Waals surface area contributed by atoms with Crippen molar-refractivity contribution in [3.8, 4) is 23.0 Å². The Kier molecular flexibility index (Phi) is 3.99. The zero-order valence-corrected chi connectivity index (χ0v) is 15.0. The maximum Gasteiger partial charge on any atom is 0.278 e. The molecule has 1 atom stereocenters. The van der Waals surface area contributed by atoms with E-state index in [1.54, 1.807) is 0 Å². The van der Waals surface area contributed by atoms with Crippen LogP contribution in [0.1, 0.15) is 17.4 Å². The summed E-state index contributed by atoms with van der Waals surface area (Å²) in [6, 6.07) is 19.3. The van der Waals surface area contributed by atoms with Crippen LogP contribution in [0.4, 0.5) is 0 Å². The second-order valence-corrected chi connectivity index (χ2v) is 6.78. The summed E-state index contributed by atoms with van der Waals surface area (Å²) in [5, 5.41) is 9.41. The fourth-order valence-electron chi connectivity index (χ4n) is 3.14. The molecule has 0 saturated carbocycles. The molecule has 6 nitrogen and oxygen atoms in total. The van der Waals surface area contributed by atoms with Gasteiger partial charge in [0.2, 0.25) is 5.82 Å². The molecule has 2 aromatic carbocycles. The van der Waals surface area contributed by atoms with Gasteiger partial charge in [-0.05, 0) is 23.8 Å². The Labute approximate surface area is 160 Å². The normalized spacial score (nSPS) is 16.3. The lowest BCUT2D eigenvalue weighted by molar-refractivity contribution is -0.00112. The van der Waals surface area contributed by atoms with Gasteiger partial charge in [0.25, 0.3) is 5.89 Å². The van der Waals surface area contributed by atoms with E-state index in [4.69, 9.17) is 20.9 Å². The lowest BCUT2D eigenvalue weighted by Gasteiger charge is -2.24. The molecule has 2 aromatic heterocycles. The third-order valence-corrected chi connectivity index (χ3v) is 4.81. The van der Waals surface area contributed by atoms with Crippen molar-refractivity contribution in [2.24, 2.45) is 0 Å². The average molecular weight is 379 g/mol. The van der Waals surface area contributed by atoms with Gasteiger partial charge in [-0.3, -0.25) is 4.68 Å². The molecule has 5 rings (SSSR count). The quantitative estimate of drug-likeness (QED) is 0.524. The van der Waals surface area contributed by atoms with E-state index in [1.165, 1.54) is 0 Å². The van der Waals surface area contributed by atoms with E-state index in [0.717, 1.165) is 16.8 Å². The number of hydrogen-bond acceptors (Lipinski definition) is 5. The van der Waals surface area contributed by atoms with Crippen molar-refractivity contribution < 1.29 is 9.26 Å². The SMILES string of the molecule is Clc1ccc([C@@H]2Cn3nc(-c4nc(-c5ccccc5)no4)cc3CO2)cc1. The standard InChI is InChI=1S/C20H15ClN4O2/c21-15-8-6-13(7-9-15)18-11-25-16(12-26-18)10-17(23-25)20-22-19(24-27-20)14-4-2-1-3-5-14/h1-10,18H,11-12H2/t18-/m0/s1. The van der Waals surface area contributed by atoms with Gasteiger partial charge in [-0.1, -0.05) is 59.2 Å². The summed E-state index contributed by atoms with van der Waals surface area (Å²) in [6.07, 6.45) is -0.0647. The van der Waals surface area contributed by atoms with Crippen LogP contribution in [0.5, 0.6) is 0 Å². The molecule has 0 aliphatic carbocycles. The minimum absolute atomic E-state index is 0.0647. The van der Waals surface area contributed by atoms with Crippen LogP contribution in [0.25, 0.3) is 23.0 Å². The number of aromatic nitrogens is 4. The monoisotopic (exact) mass is 378 g/mol. The summed E-state index contributed by atoms with van der Waals surface area (Å²) < 4.78 is 13.3. The zero-order valence-electron chi connectivity index (χ0n) is 14.2. The van der Waals surface area contributed by atoms with Gasteiger partial charge in [-0.25, -0.2) is 0 Å². The van der Waals surface area contributed by atoms with Crippen LogP contribution in [-0.2, 0) is 17.9 Å². The fourth-order valence-corrected chi connectivity index (χ4v) is 3.27. The van der Waals surface area contributed by atoms with Crippen LogP contribution >= 0.6 is 11.6 Å². The van der Waals surface area contributed by atoms with Gasteiger partial charge in [-0.2, -0.15) is 10.1 Å². The molecule has 0 spiro atoms. The fraction of sp³-hybridized carbons (Fsp3) is 0.150. The third-order valence-electron chi connectivity index (χ3n) is 4.55. The highest BCUT2D eigenvalue weighted by atomic mass is 35.5. The third kappa shape index (κ3) is 3.13. The number of fused-ring (bicyclic) bond motifs is 1. The minimum atomic E-state index is -0.0647. The predicted octanol–water partition coefficient (Wildman–Crippen LogP) is 4.53. The lowest BCUT2D eigenvalue weighted by Crippen LogP contribution is -2.21. The van der Waals surface area contributed by atoms with Gasteiger partial charge in [0.05, 0.1) is 18.8 Å². The van der Waals surface area contributed by atoms with Crippen molar-refractivity contribution in [2.75, 3.05) is 0 Å². The van der Waals surface area contributed by atoms with Gasteiger partial charge < -0.3 is 9.26 Å². The van der Waals surface area contributed by atoms with E-state index in [9.17, 15) is 0 Å². The highest BCUT2D eigenvalue weighted by Crippen LogP contribution is 2.29. The van der Waals surface area contributed by atoms with E-state index in [-0.39, 0.29) is 6.10 Å². The summed E-state index contributed by atoms with van der Waals surface area (Å²) in [4.78, 5) is 4.47. The zero-order chi connectivity index (χ0) is 18.2. The molecule has 1 aliphatic heterocycles. The molecule has 3 heterocycles. The van der Waals surface area contributed by atoms with Crippen molar-refractivity contribution in [2.45, 2.75) is 19.3 Å². The summed E-state index contributed by atoms with van der Waals surface area (Å²) >= 11 is 5.97. The number of halogens is 1. The number of rotatable bonds is 3. The van der Waals surface area contributed by atoms with Crippen molar-refractivity contribution in [3.05, 3.63) is 76.9 Å². The molecular formula is C20H15ClN4O2. The first-order chi connectivity index (χ1) is 13.3. The van der Waals surface area contributed by atoms with E-state index >= 15 is 0 Å². The maximum atomic E-state index is 5.98. The average Bonchev–Trinajstić information content (AvgIpc) is 3.36. The van der Waals surface area contributed by atoms with Crippen molar-refractivity contribution >= 4 is 11.6 Å².